The normalized spacial score (nSPS) is 11.5. The number of thiophene rings is 1. The Hall–Kier alpha value is -1.37. The smallest absolute Gasteiger partial charge is 0.271 e. The molecule has 1 aromatic heterocycles. The van der Waals surface area contributed by atoms with Crippen molar-refractivity contribution in [1.82, 2.24) is 5.32 Å². The number of benzene rings is 1. The molecule has 2 N–H and O–H groups in total. The maximum absolute atomic E-state index is 12.4. The summed E-state index contributed by atoms with van der Waals surface area (Å²) in [5, 5.41) is 5.07. The van der Waals surface area contributed by atoms with Crippen molar-refractivity contribution in [3.63, 3.8) is 0 Å². The topological polar surface area (TPSA) is 58.2 Å². The lowest BCUT2D eigenvalue weighted by atomic mass is 10.1. The van der Waals surface area contributed by atoms with E-state index in [1.54, 1.807) is 12.1 Å². The molecule has 0 unspecified atom stereocenters. The molecule has 4 nitrogen and oxygen atoms in total. The van der Waals surface area contributed by atoms with Crippen molar-refractivity contribution >= 4 is 27.0 Å². The van der Waals surface area contributed by atoms with Crippen LogP contribution in [0.15, 0.2) is 39.9 Å². The third-order valence-electron chi connectivity index (χ3n) is 3.12. The van der Waals surface area contributed by atoms with E-state index in [-0.39, 0.29) is 0 Å². The van der Waals surface area contributed by atoms with Gasteiger partial charge in [-0.15, -0.1) is 11.3 Å². The Labute approximate surface area is 130 Å². The molecule has 2 rings (SSSR count). The second-order valence-electron chi connectivity index (χ2n) is 4.67. The fourth-order valence-corrected chi connectivity index (χ4v) is 4.29. The van der Waals surface area contributed by atoms with E-state index in [0.717, 1.165) is 24.1 Å². The lowest BCUT2D eigenvalue weighted by molar-refractivity contribution is 0.603. The highest BCUT2D eigenvalue weighted by Gasteiger charge is 2.17. The van der Waals surface area contributed by atoms with Gasteiger partial charge < -0.3 is 5.32 Å². The molecule has 1 heterocycles. The van der Waals surface area contributed by atoms with Crippen LogP contribution in [-0.2, 0) is 23.0 Å². The quantitative estimate of drug-likeness (QED) is 0.822. The lowest BCUT2D eigenvalue weighted by Gasteiger charge is -2.10. The van der Waals surface area contributed by atoms with Crippen LogP contribution in [0.2, 0.25) is 0 Å². The first kappa shape index (κ1) is 16.0. The molecule has 2 aromatic rings. The highest BCUT2D eigenvalue weighted by atomic mass is 32.2. The van der Waals surface area contributed by atoms with Crippen LogP contribution in [-0.4, -0.2) is 15.0 Å². The van der Waals surface area contributed by atoms with E-state index < -0.39 is 10.0 Å². The second kappa shape index (κ2) is 7.06. The molecule has 0 atom stereocenters. The van der Waals surface area contributed by atoms with Crippen LogP contribution in [0.1, 0.15) is 25.0 Å². The standard InChI is InChI=1S/C15H20N2O2S2/c1-3-13-7-5-6-8-14(13)17-21(18,19)15-9-12(11-20-15)10-16-4-2/h5-9,11,16-17H,3-4,10H2,1-2H3. The number of anilines is 1. The minimum atomic E-state index is -3.51. The van der Waals surface area contributed by atoms with E-state index in [0.29, 0.717) is 16.4 Å². The molecule has 1 aromatic carbocycles. The number of nitrogens with one attached hydrogen (secondary N) is 2. The lowest BCUT2D eigenvalue weighted by Crippen LogP contribution is -2.13. The SMILES string of the molecule is CCNCc1csc(S(=O)(=O)Nc2ccccc2CC)c1. The summed E-state index contributed by atoms with van der Waals surface area (Å²) in [6.45, 7) is 5.58. The molecule has 6 heteroatoms. The van der Waals surface area contributed by atoms with Gasteiger partial charge in [0, 0.05) is 6.54 Å². The highest BCUT2D eigenvalue weighted by Crippen LogP contribution is 2.25. The molecular weight excluding hydrogens is 304 g/mol. The Balaban J connectivity index is 2.20. The monoisotopic (exact) mass is 324 g/mol. The Bertz CT molecular complexity index is 693. The largest absolute Gasteiger partial charge is 0.313 e. The zero-order valence-corrected chi connectivity index (χ0v) is 13.9. The zero-order valence-electron chi connectivity index (χ0n) is 12.2. The van der Waals surface area contributed by atoms with Gasteiger partial charge in [0.05, 0.1) is 5.69 Å². The molecule has 0 radical (unpaired) electrons. The van der Waals surface area contributed by atoms with E-state index in [9.17, 15) is 8.42 Å². The van der Waals surface area contributed by atoms with Crippen molar-refractivity contribution in [1.29, 1.82) is 0 Å². The van der Waals surface area contributed by atoms with E-state index in [2.05, 4.69) is 10.0 Å². The molecule has 0 amide bonds. The van der Waals surface area contributed by atoms with Crippen molar-refractivity contribution in [3.8, 4) is 0 Å². The first-order valence-corrected chi connectivity index (χ1v) is 9.32. The average Bonchev–Trinajstić information content (AvgIpc) is 2.95. The summed E-state index contributed by atoms with van der Waals surface area (Å²) in [5.41, 5.74) is 2.64. The molecule has 0 spiro atoms. The molecule has 0 saturated carbocycles. The van der Waals surface area contributed by atoms with E-state index in [4.69, 9.17) is 0 Å². The first-order valence-electron chi connectivity index (χ1n) is 6.95. The van der Waals surface area contributed by atoms with Gasteiger partial charge in [0.2, 0.25) is 0 Å². The molecule has 0 fully saturated rings. The van der Waals surface area contributed by atoms with Gasteiger partial charge in [0.15, 0.2) is 0 Å². The maximum Gasteiger partial charge on any atom is 0.271 e. The summed E-state index contributed by atoms with van der Waals surface area (Å²) in [4.78, 5) is 0. The van der Waals surface area contributed by atoms with Crippen LogP contribution in [0.25, 0.3) is 0 Å². The van der Waals surface area contributed by atoms with Gasteiger partial charge in [0.1, 0.15) is 4.21 Å². The van der Waals surface area contributed by atoms with Crippen molar-refractivity contribution in [3.05, 3.63) is 46.8 Å². The highest BCUT2D eigenvalue weighted by molar-refractivity contribution is 7.94. The summed E-state index contributed by atoms with van der Waals surface area (Å²) in [6.07, 6.45) is 0.787. The summed E-state index contributed by atoms with van der Waals surface area (Å²) < 4.78 is 27.9. The average molecular weight is 324 g/mol. The number of sulfonamides is 1. The van der Waals surface area contributed by atoms with E-state index >= 15 is 0 Å². The van der Waals surface area contributed by atoms with Crippen molar-refractivity contribution < 1.29 is 8.42 Å². The summed E-state index contributed by atoms with van der Waals surface area (Å²) >= 11 is 1.25. The van der Waals surface area contributed by atoms with Crippen LogP contribution in [0.5, 0.6) is 0 Å². The predicted octanol–water partition coefficient (Wildman–Crippen LogP) is 3.22. The third kappa shape index (κ3) is 4.06. The molecule has 0 aliphatic rings. The van der Waals surface area contributed by atoms with Crippen LogP contribution in [0, 0.1) is 0 Å². The maximum atomic E-state index is 12.4. The van der Waals surface area contributed by atoms with Gasteiger partial charge in [-0.25, -0.2) is 8.42 Å². The Morgan fingerprint density at radius 1 is 1.19 bits per heavy atom. The molecule has 0 aliphatic carbocycles. The third-order valence-corrected chi connectivity index (χ3v) is 5.97. The van der Waals surface area contributed by atoms with Crippen molar-refractivity contribution in [2.24, 2.45) is 0 Å². The Morgan fingerprint density at radius 2 is 1.95 bits per heavy atom. The van der Waals surface area contributed by atoms with E-state index in [1.807, 2.05) is 37.4 Å². The Morgan fingerprint density at radius 3 is 2.67 bits per heavy atom. The van der Waals surface area contributed by atoms with Gasteiger partial charge in [-0.1, -0.05) is 32.0 Å². The van der Waals surface area contributed by atoms with Gasteiger partial charge in [-0.05, 0) is 41.6 Å². The van der Waals surface area contributed by atoms with Gasteiger partial charge in [-0.3, -0.25) is 4.72 Å². The summed E-state index contributed by atoms with van der Waals surface area (Å²) in [5.74, 6) is 0. The summed E-state index contributed by atoms with van der Waals surface area (Å²) in [7, 11) is -3.51. The number of hydrogen-bond donors (Lipinski definition) is 2. The van der Waals surface area contributed by atoms with Crippen LogP contribution in [0.3, 0.4) is 0 Å². The predicted molar refractivity (Wildman–Crippen MR) is 88.3 cm³/mol. The fraction of sp³-hybridized carbons (Fsp3) is 0.333. The minimum absolute atomic E-state index is 0.348. The fourth-order valence-electron chi connectivity index (χ4n) is 1.98. The van der Waals surface area contributed by atoms with Crippen LogP contribution < -0.4 is 10.0 Å². The minimum Gasteiger partial charge on any atom is -0.313 e. The summed E-state index contributed by atoms with van der Waals surface area (Å²) in [6, 6.07) is 9.20. The molecular formula is C15H20N2O2S2. The molecule has 0 saturated heterocycles. The van der Waals surface area contributed by atoms with Gasteiger partial charge in [-0.2, -0.15) is 0 Å². The van der Waals surface area contributed by atoms with Crippen molar-refractivity contribution in [2.75, 3.05) is 11.3 Å². The molecule has 0 aliphatic heterocycles. The molecule has 21 heavy (non-hydrogen) atoms. The number of aryl methyl sites for hydroxylation is 1. The second-order valence-corrected chi connectivity index (χ2v) is 7.49. The van der Waals surface area contributed by atoms with Crippen LogP contribution >= 0.6 is 11.3 Å². The van der Waals surface area contributed by atoms with Crippen LogP contribution in [0.4, 0.5) is 5.69 Å². The zero-order chi connectivity index (χ0) is 15.3. The van der Waals surface area contributed by atoms with Crippen molar-refractivity contribution in [2.45, 2.75) is 31.0 Å². The van der Waals surface area contributed by atoms with Gasteiger partial charge >= 0.3 is 0 Å². The molecule has 0 bridgehead atoms. The number of para-hydroxylation sites is 1. The Kier molecular flexibility index (Phi) is 5.39. The number of hydrogen-bond acceptors (Lipinski definition) is 4. The first-order chi connectivity index (χ1) is 10.1. The number of rotatable bonds is 7. The van der Waals surface area contributed by atoms with Gasteiger partial charge in [0.25, 0.3) is 10.0 Å². The molecule has 114 valence electrons. The van der Waals surface area contributed by atoms with E-state index in [1.165, 1.54) is 11.3 Å².